The normalized spacial score (nSPS) is 17.4. The monoisotopic (exact) mass is 922 g/mol. The quantitative estimate of drug-likeness (QED) is 0.143. The number of hydrogen-bond donors (Lipinski definition) is 0. The number of benzene rings is 10. The van der Waals surface area contributed by atoms with Crippen LogP contribution < -0.4 is 0 Å². The van der Waals surface area contributed by atoms with Crippen LogP contribution in [-0.4, -0.2) is 28.7 Å². The first-order valence-electron chi connectivity index (χ1n) is 35.1. The van der Waals surface area contributed by atoms with Gasteiger partial charge < -0.3 is 4.57 Å². The van der Waals surface area contributed by atoms with Crippen molar-refractivity contribution in [3.8, 4) is 29.0 Å². The van der Waals surface area contributed by atoms with Crippen LogP contribution in [0.15, 0.2) is 254 Å². The first-order chi connectivity index (χ1) is 46.0. The number of fused-ring (bicyclic) bond motifs is 9. The molecule has 0 fully saturated rings. The van der Waals surface area contributed by atoms with E-state index < -0.39 is 263 Å². The zero-order chi connectivity index (χ0) is 69.7. The number of nitrogens with zero attached hydrogens (tertiary/aromatic N) is 6. The third-order valence-electron chi connectivity index (χ3n) is 12.3. The molecule has 0 aliphatic rings. The molecular weight excluding hydrogens is 853 g/mol. The molecule has 0 saturated heterocycles. The Morgan fingerprint density at radius 3 is 1.10 bits per heavy atom. The van der Waals surface area contributed by atoms with Crippen LogP contribution in [0.3, 0.4) is 0 Å². The van der Waals surface area contributed by atoms with Gasteiger partial charge in [0.05, 0.1) is 81.2 Å². The van der Waals surface area contributed by atoms with E-state index in [2.05, 4.69) is 0 Å². The number of rotatable bonds is 8. The highest BCUT2D eigenvalue weighted by Crippen LogP contribution is 2.47. The summed E-state index contributed by atoms with van der Waals surface area (Å²) in [4.78, 5) is 14.4. The third kappa shape index (κ3) is 5.90. The Kier molecular flexibility index (Phi) is 4.82. The highest BCUT2D eigenvalue weighted by molar-refractivity contribution is 6.11. The lowest BCUT2D eigenvalue weighted by atomic mass is 9.65. The summed E-state index contributed by atoms with van der Waals surface area (Å²) in [6.07, 6.45) is 0. The van der Waals surface area contributed by atoms with Gasteiger partial charge in [0.1, 0.15) is 0 Å². The maximum absolute atomic E-state index is 10.9. The molecule has 0 N–H and O–H groups in total. The maximum atomic E-state index is 10.9. The average molecular weight is 922 g/mol. The molecule has 4 heterocycles. The molecule has 70 heavy (non-hydrogen) atoms. The van der Waals surface area contributed by atoms with Crippen LogP contribution >= 0.6 is 0 Å². The van der Waals surface area contributed by atoms with E-state index in [0.29, 0.717) is 16.7 Å². The van der Waals surface area contributed by atoms with Crippen molar-refractivity contribution in [2.75, 3.05) is 0 Å². The second kappa shape index (κ2) is 15.9. The molecular formula is C64H42N6. The largest absolute Gasteiger partial charge is 0.308 e. The highest BCUT2D eigenvalue weighted by atomic mass is 15.3. The van der Waals surface area contributed by atoms with E-state index >= 15 is 0 Å². The number of hydrogen-bond acceptors (Lipinski definition) is 3. The van der Waals surface area contributed by atoms with Crippen molar-refractivity contribution in [1.82, 2.24) is 28.7 Å². The van der Waals surface area contributed by atoms with Crippen molar-refractivity contribution < 1.29 is 37.0 Å². The standard InChI is InChI=1S/C64H42N6/c1-4-22-43(23-5-1)64(44-24-6-2-7-25-44,45-26-8-3-9-27-45)46-40-41-52-51-32-10-16-34-54(51)68(60(52)42-46)59-39-21-15-33-53(59)61-65-62(69-55-35-17-11-28-47(55)48-29-12-18-36-56(48)69)67-63(66-61)70-57-37-19-13-30-49(57)50-31-14-20-38-58(50)70/h1-42H/i10D,11D,12D,13D,14D,15D,16D,17D,18D,19D,20D,21D,28D,29D,30D,31D,32D,33D,34D,35D,36D,37D,38D,39D,40D,41D,42D. The zero-order valence-corrected chi connectivity index (χ0v) is 35.8. The average Bonchev–Trinajstić information content (AvgIpc) is 1.59. The first-order valence-corrected chi connectivity index (χ1v) is 21.6. The molecule has 0 amide bonds. The Balaban J connectivity index is 1.26. The fourth-order valence-corrected chi connectivity index (χ4v) is 9.46. The predicted octanol–water partition coefficient (Wildman–Crippen LogP) is 15.2. The van der Waals surface area contributed by atoms with E-state index in [-0.39, 0.29) is 5.56 Å². The molecule has 14 rings (SSSR count). The SMILES string of the molecule is [2H]c1c([2H])c([2H])c(-n2c3c([2H])c([2H])c([2H])c([2H])c3c3c([2H])c([2H])c(C(c4ccccc4)(c4ccccc4)c4ccccc4)c([2H])c32)c(-c2nc(-n3c4c([2H])c([2H])c([2H])c([2H])c4c4c([2H])c([2H])c([2H])c([2H])c43)nc(-n3c4c([2H])c([2H])c([2H])c([2H])c4c4c([2H])c([2H])c([2H])c([2H])c43)n2)c1[2H]. The van der Waals surface area contributed by atoms with Crippen LogP contribution in [0.4, 0.5) is 0 Å². The maximum Gasteiger partial charge on any atom is 0.240 e. The fraction of sp³-hybridized carbons (Fsp3) is 0.0156. The molecule has 0 saturated carbocycles. The Hall–Kier alpha value is -9.39. The molecule has 0 atom stereocenters. The molecule has 14 aromatic rings. The van der Waals surface area contributed by atoms with E-state index in [0.717, 1.165) is 13.7 Å². The third-order valence-corrected chi connectivity index (χ3v) is 12.3. The van der Waals surface area contributed by atoms with Gasteiger partial charge in [-0.05, 0) is 70.6 Å². The smallest absolute Gasteiger partial charge is 0.240 e. The van der Waals surface area contributed by atoms with E-state index in [1.165, 1.54) is 0 Å². The van der Waals surface area contributed by atoms with Gasteiger partial charge in [0.2, 0.25) is 11.9 Å². The number of para-hydroxylation sites is 6. The Labute approximate surface area is 441 Å². The van der Waals surface area contributed by atoms with Crippen LogP contribution in [0, 0.1) is 0 Å². The van der Waals surface area contributed by atoms with Gasteiger partial charge in [-0.1, -0.05) is 206 Å². The molecule has 6 heteroatoms. The second-order valence-corrected chi connectivity index (χ2v) is 15.9. The van der Waals surface area contributed by atoms with Crippen molar-refractivity contribution in [1.29, 1.82) is 0 Å². The van der Waals surface area contributed by atoms with E-state index in [1.54, 1.807) is 91.0 Å². The van der Waals surface area contributed by atoms with Crippen LogP contribution in [0.5, 0.6) is 0 Å². The lowest BCUT2D eigenvalue weighted by molar-refractivity contribution is 0.746. The van der Waals surface area contributed by atoms with E-state index in [1.807, 2.05) is 0 Å². The molecule has 0 spiro atoms. The summed E-state index contributed by atoms with van der Waals surface area (Å²) >= 11 is 0. The lowest BCUT2D eigenvalue weighted by Crippen LogP contribution is -2.31. The minimum atomic E-state index is -1.76. The molecule has 4 aromatic heterocycles. The van der Waals surface area contributed by atoms with Crippen LogP contribution in [0.2, 0.25) is 0 Å². The van der Waals surface area contributed by atoms with Gasteiger partial charge in [0, 0.05) is 37.9 Å². The topological polar surface area (TPSA) is 53.5 Å². The Morgan fingerprint density at radius 1 is 0.314 bits per heavy atom. The van der Waals surface area contributed by atoms with Gasteiger partial charge in [-0.25, -0.2) is 0 Å². The molecule has 0 radical (unpaired) electrons. The second-order valence-electron chi connectivity index (χ2n) is 15.9. The Bertz CT molecular complexity index is 5480. The minimum absolute atomic E-state index is 0.221. The van der Waals surface area contributed by atoms with Gasteiger partial charge in [-0.15, -0.1) is 0 Å². The zero-order valence-electron chi connectivity index (χ0n) is 62.8. The summed E-state index contributed by atoms with van der Waals surface area (Å²) in [5, 5.41) is -3.04. The van der Waals surface area contributed by atoms with Crippen molar-refractivity contribution >= 4 is 65.4 Å². The molecule has 0 unspecified atom stereocenters. The summed E-state index contributed by atoms with van der Waals surface area (Å²) in [5.74, 6) is -2.86. The molecule has 328 valence electrons. The first kappa shape index (κ1) is 21.3. The van der Waals surface area contributed by atoms with Gasteiger partial charge in [-0.3, -0.25) is 9.13 Å². The van der Waals surface area contributed by atoms with Gasteiger partial charge >= 0.3 is 0 Å². The minimum Gasteiger partial charge on any atom is -0.308 e. The van der Waals surface area contributed by atoms with Gasteiger partial charge in [0.15, 0.2) is 5.82 Å². The summed E-state index contributed by atoms with van der Waals surface area (Å²) in [5.41, 5.74) is -6.00. The summed E-state index contributed by atoms with van der Waals surface area (Å²) in [6, 6.07) is 2.42. The van der Waals surface area contributed by atoms with Crippen molar-refractivity contribution in [2.45, 2.75) is 5.41 Å². The van der Waals surface area contributed by atoms with Crippen molar-refractivity contribution in [3.63, 3.8) is 0 Å². The molecule has 0 bridgehead atoms. The molecule has 0 aliphatic carbocycles. The van der Waals surface area contributed by atoms with Crippen molar-refractivity contribution in [2.24, 2.45) is 0 Å². The summed E-state index contributed by atoms with van der Waals surface area (Å²) in [7, 11) is 0. The van der Waals surface area contributed by atoms with Crippen LogP contribution in [0.1, 0.15) is 59.3 Å². The van der Waals surface area contributed by atoms with Gasteiger partial charge in [0.25, 0.3) is 0 Å². The summed E-state index contributed by atoms with van der Waals surface area (Å²) in [6.45, 7) is 0. The van der Waals surface area contributed by atoms with Gasteiger partial charge in [-0.2, -0.15) is 15.0 Å². The molecule has 0 aliphatic heterocycles. The van der Waals surface area contributed by atoms with E-state index in [4.69, 9.17) is 27.3 Å². The molecule has 10 aromatic carbocycles. The highest BCUT2D eigenvalue weighted by Gasteiger charge is 2.39. The Morgan fingerprint density at radius 2 is 0.671 bits per heavy atom. The summed E-state index contributed by atoms with van der Waals surface area (Å²) < 4.78 is 256. The van der Waals surface area contributed by atoms with Crippen LogP contribution in [-0.2, 0) is 5.41 Å². The molecule has 6 nitrogen and oxygen atoms in total. The fourth-order valence-electron chi connectivity index (χ4n) is 9.46. The lowest BCUT2D eigenvalue weighted by Gasteiger charge is -2.37. The van der Waals surface area contributed by atoms with E-state index in [9.17, 15) is 24.7 Å². The van der Waals surface area contributed by atoms with Crippen molar-refractivity contribution in [3.05, 3.63) is 276 Å². The number of aromatic nitrogens is 6. The predicted molar refractivity (Wildman–Crippen MR) is 287 cm³/mol. The van der Waals surface area contributed by atoms with Crippen LogP contribution in [0.25, 0.3) is 94.4 Å².